The molecule has 0 aliphatic rings. The molecule has 5 heterocycles. The Morgan fingerprint density at radius 2 is 1.21 bits per heavy atom. The van der Waals surface area contributed by atoms with Gasteiger partial charge in [0, 0.05) is 43.7 Å². The number of nitrogens with zero attached hydrogens (tertiary/aromatic N) is 11. The SMILES string of the molecule is CCn1nc(C)cc1C(=O)Nc1nc2cc(C(N)=O)cc(OC)c2n1C/C=C/Cn1c(NC(=O)c2cc(C)nn2CC)nc2cc(C(N)=O)cc(OC/C=C/Cc3ncc([N+](=O)[O-])cn3)c21. The summed E-state index contributed by atoms with van der Waals surface area (Å²) in [5.74, 6) is -1.27. The molecule has 6 N–H and O–H groups in total. The van der Waals surface area contributed by atoms with E-state index in [0.29, 0.717) is 58.2 Å². The lowest BCUT2D eigenvalue weighted by Crippen LogP contribution is -2.20. The molecule has 0 fully saturated rings. The predicted molar refractivity (Wildman–Crippen MR) is 240 cm³/mol. The molecule has 23 heteroatoms. The number of aryl methyl sites for hydroxylation is 4. The first-order valence-electron chi connectivity index (χ1n) is 20.5. The van der Waals surface area contributed by atoms with Crippen molar-refractivity contribution in [2.45, 2.75) is 60.3 Å². The summed E-state index contributed by atoms with van der Waals surface area (Å²) in [6.07, 6.45) is 9.51. The van der Waals surface area contributed by atoms with Gasteiger partial charge in [0.25, 0.3) is 11.8 Å². The Hall–Kier alpha value is -8.76. The number of methoxy groups -OCH3 is 1. The van der Waals surface area contributed by atoms with Crippen LogP contribution < -0.4 is 31.6 Å². The number of hydrogen-bond donors (Lipinski definition) is 4. The van der Waals surface area contributed by atoms with Gasteiger partial charge in [-0.2, -0.15) is 10.2 Å². The van der Waals surface area contributed by atoms with Gasteiger partial charge in [-0.1, -0.05) is 24.3 Å². The second-order valence-electron chi connectivity index (χ2n) is 14.7. The maximum atomic E-state index is 13.8. The number of nitro groups is 1. The van der Waals surface area contributed by atoms with Crippen LogP contribution in [0.3, 0.4) is 0 Å². The van der Waals surface area contributed by atoms with Crippen molar-refractivity contribution in [3.05, 3.63) is 123 Å². The van der Waals surface area contributed by atoms with Gasteiger partial charge >= 0.3 is 5.69 Å². The minimum atomic E-state index is -0.738. The first-order valence-corrected chi connectivity index (χ1v) is 20.5. The number of anilines is 2. The second-order valence-corrected chi connectivity index (χ2v) is 14.7. The number of benzene rings is 2. The molecule has 0 spiro atoms. The van der Waals surface area contributed by atoms with Crippen LogP contribution in [0.4, 0.5) is 17.6 Å². The normalized spacial score (nSPS) is 11.5. The Morgan fingerprint density at radius 1 is 0.727 bits per heavy atom. The van der Waals surface area contributed by atoms with E-state index in [4.69, 9.17) is 25.9 Å². The van der Waals surface area contributed by atoms with E-state index < -0.39 is 28.6 Å². The average molecular weight is 900 g/mol. The number of carbonyl (C=O) groups is 4. The number of allylic oxidation sites excluding steroid dienone is 3. The van der Waals surface area contributed by atoms with Gasteiger partial charge in [0.05, 0.1) is 34.5 Å². The van der Waals surface area contributed by atoms with E-state index >= 15 is 0 Å². The number of rotatable bonds is 19. The topological polar surface area (TPSA) is 303 Å². The zero-order valence-corrected chi connectivity index (χ0v) is 36.5. The molecule has 0 saturated heterocycles. The summed E-state index contributed by atoms with van der Waals surface area (Å²) >= 11 is 0. The van der Waals surface area contributed by atoms with E-state index in [1.54, 1.807) is 68.8 Å². The number of ether oxygens (including phenoxy) is 2. The van der Waals surface area contributed by atoms with Crippen LogP contribution in [0.5, 0.6) is 11.5 Å². The van der Waals surface area contributed by atoms with Gasteiger partial charge in [-0.25, -0.2) is 19.9 Å². The van der Waals surface area contributed by atoms with Gasteiger partial charge in [-0.15, -0.1) is 0 Å². The first kappa shape index (κ1) is 45.3. The maximum Gasteiger partial charge on any atom is 0.305 e. The van der Waals surface area contributed by atoms with Crippen LogP contribution in [0.2, 0.25) is 0 Å². The monoisotopic (exact) mass is 899 g/mol. The summed E-state index contributed by atoms with van der Waals surface area (Å²) < 4.78 is 18.4. The van der Waals surface area contributed by atoms with Crippen molar-refractivity contribution < 1.29 is 33.6 Å². The van der Waals surface area contributed by atoms with Crippen molar-refractivity contribution in [1.29, 1.82) is 0 Å². The van der Waals surface area contributed by atoms with Crippen LogP contribution in [-0.4, -0.2) is 90.9 Å². The maximum absolute atomic E-state index is 13.8. The van der Waals surface area contributed by atoms with E-state index in [0.717, 1.165) is 12.4 Å². The minimum absolute atomic E-state index is 0.00207. The molecule has 4 amide bonds. The molecular formula is C43H45N15O8. The van der Waals surface area contributed by atoms with Crippen molar-refractivity contribution >= 4 is 63.3 Å². The van der Waals surface area contributed by atoms with Crippen molar-refractivity contribution in [3.8, 4) is 11.5 Å². The number of nitrogens with two attached hydrogens (primary N) is 2. The molecule has 66 heavy (non-hydrogen) atoms. The third-order valence-corrected chi connectivity index (χ3v) is 10.2. The lowest BCUT2D eigenvalue weighted by Gasteiger charge is -2.13. The summed E-state index contributed by atoms with van der Waals surface area (Å²) in [5.41, 5.74) is 14.8. The van der Waals surface area contributed by atoms with Crippen molar-refractivity contribution in [3.63, 3.8) is 0 Å². The van der Waals surface area contributed by atoms with Gasteiger partial charge in [0.1, 0.15) is 58.7 Å². The molecule has 0 aliphatic carbocycles. The number of amides is 4. The van der Waals surface area contributed by atoms with Crippen LogP contribution in [0.1, 0.15) is 72.8 Å². The highest BCUT2D eigenvalue weighted by Gasteiger charge is 2.24. The Labute approximate surface area is 375 Å². The highest BCUT2D eigenvalue weighted by atomic mass is 16.6. The molecule has 5 aromatic heterocycles. The summed E-state index contributed by atoms with van der Waals surface area (Å²) in [6.45, 7) is 8.38. The zero-order chi connectivity index (χ0) is 47.2. The van der Waals surface area contributed by atoms with Crippen molar-refractivity contribution in [2.75, 3.05) is 24.4 Å². The number of imidazole rings is 2. The lowest BCUT2D eigenvalue weighted by atomic mass is 10.1. The molecule has 23 nitrogen and oxygen atoms in total. The Kier molecular flexibility index (Phi) is 13.3. The Bertz CT molecular complexity index is 3090. The third kappa shape index (κ3) is 9.58. The molecule has 340 valence electrons. The Balaban J connectivity index is 1.25. The van der Waals surface area contributed by atoms with Gasteiger partial charge in [0.15, 0.2) is 0 Å². The number of primary amides is 2. The molecule has 0 saturated carbocycles. The van der Waals surface area contributed by atoms with Crippen molar-refractivity contribution in [2.24, 2.45) is 11.5 Å². The number of aromatic nitrogens is 10. The fraction of sp³-hybridized carbons (Fsp3) is 0.256. The molecule has 2 aromatic carbocycles. The molecule has 0 radical (unpaired) electrons. The van der Waals surface area contributed by atoms with E-state index in [2.05, 4.69) is 35.8 Å². The van der Waals surface area contributed by atoms with Crippen molar-refractivity contribution in [1.82, 2.24) is 48.6 Å². The molecular weight excluding hydrogens is 855 g/mol. The molecule has 0 aliphatic heterocycles. The summed E-state index contributed by atoms with van der Waals surface area (Å²) in [5, 5.41) is 25.6. The number of carbonyl (C=O) groups excluding carboxylic acids is 4. The molecule has 7 aromatic rings. The fourth-order valence-electron chi connectivity index (χ4n) is 7.13. The van der Waals surface area contributed by atoms with E-state index in [-0.39, 0.29) is 71.8 Å². The van der Waals surface area contributed by atoms with Gasteiger partial charge in [0.2, 0.25) is 23.7 Å². The Morgan fingerprint density at radius 3 is 1.67 bits per heavy atom. The second kappa shape index (κ2) is 19.3. The largest absolute Gasteiger partial charge is 0.494 e. The smallest absolute Gasteiger partial charge is 0.305 e. The lowest BCUT2D eigenvalue weighted by molar-refractivity contribution is -0.385. The number of hydrogen-bond acceptors (Lipinski definition) is 14. The summed E-state index contributed by atoms with van der Waals surface area (Å²) in [7, 11) is 1.44. The predicted octanol–water partition coefficient (Wildman–Crippen LogP) is 4.28. The molecule has 0 unspecified atom stereocenters. The van der Waals surface area contributed by atoms with Gasteiger partial charge in [-0.3, -0.25) is 49.3 Å². The van der Waals surface area contributed by atoms with Gasteiger partial charge < -0.3 is 30.1 Å². The van der Waals surface area contributed by atoms with Crippen LogP contribution in [0, 0.1) is 24.0 Å². The molecule has 0 atom stereocenters. The number of nitrogens with one attached hydrogen (secondary N) is 2. The highest BCUT2D eigenvalue weighted by molar-refractivity contribution is 6.05. The van der Waals surface area contributed by atoms with Crippen LogP contribution in [0.25, 0.3) is 22.1 Å². The van der Waals surface area contributed by atoms with E-state index in [1.807, 2.05) is 13.8 Å². The molecule has 0 bridgehead atoms. The van der Waals surface area contributed by atoms with E-state index in [9.17, 15) is 29.3 Å². The number of fused-ring (bicyclic) bond motifs is 2. The fourth-order valence-corrected chi connectivity index (χ4v) is 7.13. The highest BCUT2D eigenvalue weighted by Crippen LogP contribution is 2.33. The minimum Gasteiger partial charge on any atom is -0.494 e. The summed E-state index contributed by atoms with van der Waals surface area (Å²) in [6, 6.07) is 9.30. The molecule has 7 rings (SSSR count). The quantitative estimate of drug-likeness (QED) is 0.0501. The van der Waals surface area contributed by atoms with E-state index in [1.165, 1.54) is 31.4 Å². The standard InChI is InChI=1S/C43H45N15O8/c1-6-56-31(16-24(3)52-56)40(61)50-42-48-29-18-26(38(44)59)20-33(65-5)36(29)54(42)13-9-10-14-55-37-30(49-43(55)51-41(62)32-17-25(4)53-57(32)7-2)19-27(39(45)60)21-34(37)66-15-11-8-12-35-46-22-28(23-47-35)58(63)64/h8-11,16-23H,6-7,12-15H2,1-5H3,(H2,44,59)(H2,45,60)(H,48,50,61)(H,49,51,62)/b10-9+,11-8+. The van der Waals surface area contributed by atoms with Gasteiger partial charge in [-0.05, 0) is 64.1 Å². The average Bonchev–Trinajstić information content (AvgIpc) is 4.06. The van der Waals surface area contributed by atoms with Crippen LogP contribution >= 0.6 is 0 Å². The summed E-state index contributed by atoms with van der Waals surface area (Å²) in [4.78, 5) is 80.1. The van der Waals surface area contributed by atoms with Crippen LogP contribution in [-0.2, 0) is 32.6 Å². The zero-order valence-electron chi connectivity index (χ0n) is 36.5. The van der Waals surface area contributed by atoms with Crippen LogP contribution in [0.15, 0.2) is 73.1 Å². The first-order chi connectivity index (χ1) is 31.7. The third-order valence-electron chi connectivity index (χ3n) is 10.2.